The van der Waals surface area contributed by atoms with Crippen molar-refractivity contribution in [3.8, 4) is 0 Å². The molecule has 3 nitrogen and oxygen atoms in total. The van der Waals surface area contributed by atoms with Gasteiger partial charge in [0.05, 0.1) is 12.1 Å². The third-order valence-corrected chi connectivity index (χ3v) is 2.73. The lowest BCUT2D eigenvalue weighted by Crippen LogP contribution is -2.43. The van der Waals surface area contributed by atoms with Crippen molar-refractivity contribution in [1.82, 2.24) is 5.32 Å². The molecule has 1 saturated heterocycles. The van der Waals surface area contributed by atoms with E-state index >= 15 is 0 Å². The van der Waals surface area contributed by atoms with Crippen LogP contribution in [-0.2, 0) is 10.3 Å². The summed E-state index contributed by atoms with van der Waals surface area (Å²) in [7, 11) is 0. The molecule has 1 unspecified atom stereocenters. The lowest BCUT2D eigenvalue weighted by atomic mass is 9.94. The molecule has 1 aromatic carbocycles. The van der Waals surface area contributed by atoms with Crippen LogP contribution in [0.5, 0.6) is 0 Å². The van der Waals surface area contributed by atoms with Gasteiger partial charge in [-0.1, -0.05) is 11.6 Å². The molecule has 1 fully saturated rings. The molecule has 1 aliphatic rings. The van der Waals surface area contributed by atoms with Gasteiger partial charge < -0.3 is 4.74 Å². The Balaban J connectivity index is 2.36. The highest BCUT2D eigenvalue weighted by Crippen LogP contribution is 2.28. The van der Waals surface area contributed by atoms with Crippen LogP contribution in [0.4, 0.5) is 4.39 Å². The van der Waals surface area contributed by atoms with Crippen LogP contribution < -0.4 is 11.1 Å². The maximum atomic E-state index is 13.2. The summed E-state index contributed by atoms with van der Waals surface area (Å²) in [4.78, 5) is 0. The summed E-state index contributed by atoms with van der Waals surface area (Å²) < 4.78 is 18.4. The van der Waals surface area contributed by atoms with E-state index in [-0.39, 0.29) is 5.82 Å². The van der Waals surface area contributed by atoms with Crippen molar-refractivity contribution in [2.45, 2.75) is 18.8 Å². The van der Waals surface area contributed by atoms with E-state index in [4.69, 9.17) is 22.1 Å². The van der Waals surface area contributed by atoms with E-state index < -0.39 is 11.9 Å². The Morgan fingerprint density at radius 3 is 2.87 bits per heavy atom. The van der Waals surface area contributed by atoms with Crippen LogP contribution in [0.15, 0.2) is 18.2 Å². The van der Waals surface area contributed by atoms with Gasteiger partial charge in [-0.3, -0.25) is 11.1 Å². The second kappa shape index (κ2) is 3.72. The molecule has 0 aromatic heterocycles. The summed E-state index contributed by atoms with van der Waals surface area (Å²) in [5.41, 5.74) is 5.82. The minimum atomic E-state index is -0.517. The largest absolute Gasteiger partial charge is 0.348 e. The van der Waals surface area contributed by atoms with Gasteiger partial charge in [-0.15, -0.1) is 0 Å². The summed E-state index contributed by atoms with van der Waals surface area (Å²) in [6.07, 6.45) is -0.517. The molecule has 1 aromatic rings. The summed E-state index contributed by atoms with van der Waals surface area (Å²) in [5, 5.41) is 3.40. The van der Waals surface area contributed by atoms with E-state index in [9.17, 15) is 4.39 Å². The predicted molar refractivity (Wildman–Crippen MR) is 55.8 cm³/mol. The van der Waals surface area contributed by atoms with Gasteiger partial charge in [-0.05, 0) is 30.7 Å². The zero-order valence-electron chi connectivity index (χ0n) is 8.26. The zero-order valence-corrected chi connectivity index (χ0v) is 9.01. The Bertz CT molecular complexity index is 367. The minimum Gasteiger partial charge on any atom is -0.348 e. The molecular weight excluding hydrogens is 219 g/mol. The first kappa shape index (κ1) is 10.8. The smallest absolute Gasteiger partial charge is 0.161 e. The molecule has 2 atom stereocenters. The average Bonchev–Trinajstić information content (AvgIpc) is 2.46. The first-order valence-corrected chi connectivity index (χ1v) is 4.99. The zero-order chi connectivity index (χ0) is 11.1. The molecule has 0 amide bonds. The fourth-order valence-electron chi connectivity index (χ4n) is 1.69. The highest BCUT2D eigenvalue weighted by molar-refractivity contribution is 6.30. The predicted octanol–water partition coefficient (Wildman–Crippen LogP) is 1.56. The normalized spacial score (nSPS) is 30.8. The van der Waals surface area contributed by atoms with E-state index in [1.54, 1.807) is 6.07 Å². The highest BCUT2D eigenvalue weighted by Gasteiger charge is 2.35. The van der Waals surface area contributed by atoms with Crippen LogP contribution in [0.3, 0.4) is 0 Å². The Hall–Kier alpha value is -0.680. The number of nitrogens with two attached hydrogens (primary N) is 1. The second-order valence-electron chi connectivity index (χ2n) is 3.87. The van der Waals surface area contributed by atoms with Crippen LogP contribution in [0.1, 0.15) is 12.5 Å². The van der Waals surface area contributed by atoms with E-state index in [2.05, 4.69) is 5.32 Å². The molecule has 15 heavy (non-hydrogen) atoms. The standard InChI is InChI=1S/C10H12ClFN2O/c1-10(5-15-9(13)14-10)6-2-7(11)4-8(12)3-6/h2-4,9,14H,5,13H2,1H3/t9-,10?/m0/s1. The van der Waals surface area contributed by atoms with Gasteiger partial charge in [-0.25, -0.2) is 4.39 Å². The fraction of sp³-hybridized carbons (Fsp3) is 0.400. The first-order valence-electron chi connectivity index (χ1n) is 4.61. The molecule has 82 valence electrons. The Labute approximate surface area is 92.4 Å². The van der Waals surface area contributed by atoms with Crippen molar-refractivity contribution < 1.29 is 9.13 Å². The number of rotatable bonds is 1. The number of hydrogen-bond acceptors (Lipinski definition) is 3. The van der Waals surface area contributed by atoms with Gasteiger partial charge in [0, 0.05) is 5.02 Å². The van der Waals surface area contributed by atoms with Crippen molar-refractivity contribution in [3.63, 3.8) is 0 Å². The number of halogens is 2. The lowest BCUT2D eigenvalue weighted by Gasteiger charge is -2.23. The molecule has 0 spiro atoms. The molecule has 0 saturated carbocycles. The van der Waals surface area contributed by atoms with Gasteiger partial charge in [-0.2, -0.15) is 0 Å². The number of nitrogens with one attached hydrogen (secondary N) is 1. The van der Waals surface area contributed by atoms with Gasteiger partial charge in [0.25, 0.3) is 0 Å². The molecule has 1 heterocycles. The summed E-state index contributed by atoms with van der Waals surface area (Å²) in [6.45, 7) is 2.29. The molecule has 2 rings (SSSR count). The van der Waals surface area contributed by atoms with Gasteiger partial charge in [0.15, 0.2) is 6.35 Å². The molecule has 5 heteroatoms. The quantitative estimate of drug-likeness (QED) is 0.770. The monoisotopic (exact) mass is 230 g/mol. The maximum absolute atomic E-state index is 13.2. The van der Waals surface area contributed by atoms with Crippen molar-refractivity contribution in [1.29, 1.82) is 0 Å². The van der Waals surface area contributed by atoms with Gasteiger partial charge in [0.1, 0.15) is 5.82 Å². The number of hydrogen-bond donors (Lipinski definition) is 2. The van der Waals surface area contributed by atoms with Crippen LogP contribution in [0.25, 0.3) is 0 Å². The van der Waals surface area contributed by atoms with Crippen LogP contribution in [0.2, 0.25) is 5.02 Å². The van der Waals surface area contributed by atoms with Crippen LogP contribution in [0, 0.1) is 5.82 Å². The van der Waals surface area contributed by atoms with E-state index in [1.165, 1.54) is 12.1 Å². The molecule has 0 bridgehead atoms. The Morgan fingerprint density at radius 2 is 2.33 bits per heavy atom. The van der Waals surface area contributed by atoms with Crippen molar-refractivity contribution >= 4 is 11.6 Å². The van der Waals surface area contributed by atoms with E-state index in [1.807, 2.05) is 6.92 Å². The topological polar surface area (TPSA) is 47.3 Å². The van der Waals surface area contributed by atoms with Crippen molar-refractivity contribution in [2.24, 2.45) is 5.73 Å². The maximum Gasteiger partial charge on any atom is 0.161 e. The molecule has 3 N–H and O–H groups in total. The highest BCUT2D eigenvalue weighted by atomic mass is 35.5. The third kappa shape index (κ3) is 2.13. The van der Waals surface area contributed by atoms with Crippen molar-refractivity contribution in [2.75, 3.05) is 6.61 Å². The van der Waals surface area contributed by atoms with Crippen LogP contribution in [-0.4, -0.2) is 13.0 Å². The summed E-state index contributed by atoms with van der Waals surface area (Å²) in [5.74, 6) is -0.360. The van der Waals surface area contributed by atoms with E-state index in [0.717, 1.165) is 5.56 Å². The lowest BCUT2D eigenvalue weighted by molar-refractivity contribution is 0.103. The van der Waals surface area contributed by atoms with Crippen molar-refractivity contribution in [3.05, 3.63) is 34.6 Å². The first-order chi connectivity index (χ1) is 6.99. The van der Waals surface area contributed by atoms with E-state index in [0.29, 0.717) is 11.6 Å². The molecule has 1 aliphatic heterocycles. The van der Waals surface area contributed by atoms with Crippen LogP contribution >= 0.6 is 11.6 Å². The van der Waals surface area contributed by atoms with Gasteiger partial charge >= 0.3 is 0 Å². The molecular formula is C10H12ClFN2O. The summed E-state index contributed by atoms with van der Waals surface area (Å²) >= 11 is 5.79. The Kier molecular flexibility index (Phi) is 2.68. The number of ether oxygens (including phenoxy) is 1. The molecule has 0 radical (unpaired) electrons. The second-order valence-corrected chi connectivity index (χ2v) is 4.30. The Morgan fingerprint density at radius 1 is 1.60 bits per heavy atom. The third-order valence-electron chi connectivity index (χ3n) is 2.51. The number of benzene rings is 1. The average molecular weight is 231 g/mol. The van der Waals surface area contributed by atoms with Gasteiger partial charge in [0.2, 0.25) is 0 Å². The summed E-state index contributed by atoms with van der Waals surface area (Å²) in [6, 6.07) is 4.41. The minimum absolute atomic E-state index is 0.360. The SMILES string of the molecule is CC1(c2cc(F)cc(Cl)c2)CO[C@@H](N)N1. The fourth-order valence-corrected chi connectivity index (χ4v) is 1.91. The molecule has 0 aliphatic carbocycles.